The summed E-state index contributed by atoms with van der Waals surface area (Å²) in [5, 5.41) is 15.5. The van der Waals surface area contributed by atoms with Crippen LogP contribution in [0.4, 0.5) is 4.79 Å². The van der Waals surface area contributed by atoms with Crippen LogP contribution in [0.3, 0.4) is 0 Å². The van der Waals surface area contributed by atoms with Crippen molar-refractivity contribution in [1.29, 1.82) is 0 Å². The summed E-state index contributed by atoms with van der Waals surface area (Å²) in [6.07, 6.45) is 11.7. The van der Waals surface area contributed by atoms with Gasteiger partial charge in [0.25, 0.3) is 0 Å². The summed E-state index contributed by atoms with van der Waals surface area (Å²) < 4.78 is 0. The summed E-state index contributed by atoms with van der Waals surface area (Å²) in [4.78, 5) is 11.7. The van der Waals surface area contributed by atoms with E-state index in [-0.39, 0.29) is 12.1 Å². The number of urea groups is 1. The number of amides is 2. The minimum absolute atomic E-state index is 0.0449. The Morgan fingerprint density at radius 2 is 1.75 bits per heavy atom. The molecule has 0 bridgehead atoms. The zero-order valence-corrected chi connectivity index (χ0v) is 12.6. The van der Waals surface area contributed by atoms with Crippen molar-refractivity contribution < 1.29 is 9.90 Å². The summed E-state index contributed by atoms with van der Waals surface area (Å²) in [6.45, 7) is 1.49. The van der Waals surface area contributed by atoms with Crippen molar-refractivity contribution >= 4 is 6.03 Å². The predicted molar refractivity (Wildman–Crippen MR) is 80.6 cm³/mol. The van der Waals surface area contributed by atoms with E-state index in [9.17, 15) is 9.90 Å². The predicted octanol–water partition coefficient (Wildman–Crippen LogP) is 2.81. The summed E-state index contributed by atoms with van der Waals surface area (Å²) in [6, 6.07) is -0.0449. The van der Waals surface area contributed by atoms with Crippen molar-refractivity contribution in [3.63, 3.8) is 0 Å². The van der Waals surface area contributed by atoms with E-state index in [1.807, 2.05) is 0 Å². The van der Waals surface area contributed by atoms with Crippen LogP contribution < -0.4 is 10.6 Å². The molecular weight excluding hydrogens is 252 g/mol. The number of hydrogen-bond acceptors (Lipinski definition) is 2. The van der Waals surface area contributed by atoms with Crippen molar-refractivity contribution in [3.8, 4) is 0 Å². The van der Waals surface area contributed by atoms with Gasteiger partial charge in [-0.05, 0) is 43.9 Å². The topological polar surface area (TPSA) is 61.4 Å². The van der Waals surface area contributed by atoms with Crippen LogP contribution in [0.25, 0.3) is 0 Å². The van der Waals surface area contributed by atoms with Crippen LogP contribution >= 0.6 is 0 Å². The molecule has 2 saturated carbocycles. The van der Waals surface area contributed by atoms with Crippen LogP contribution in [-0.4, -0.2) is 30.3 Å². The monoisotopic (exact) mass is 282 g/mol. The standard InChI is InChI=1S/C16H30N2O2/c19-15-9-3-7-14(11-15)12-18-16(20)17-10-4-8-13-5-1-2-6-13/h13-15,19H,1-12H2,(H2,17,18,20). The van der Waals surface area contributed by atoms with Gasteiger partial charge >= 0.3 is 6.03 Å². The third-order valence-corrected chi connectivity index (χ3v) is 4.86. The average molecular weight is 282 g/mol. The highest BCUT2D eigenvalue weighted by molar-refractivity contribution is 5.73. The molecule has 0 heterocycles. The SMILES string of the molecule is O=C(NCCCC1CCCC1)NCC1CCCC(O)C1. The van der Waals surface area contributed by atoms with Gasteiger partial charge < -0.3 is 15.7 Å². The minimum Gasteiger partial charge on any atom is -0.393 e. The normalized spacial score (nSPS) is 27.4. The number of aliphatic hydroxyl groups is 1. The Morgan fingerprint density at radius 1 is 1.00 bits per heavy atom. The van der Waals surface area contributed by atoms with E-state index in [0.717, 1.165) is 44.6 Å². The first kappa shape index (κ1) is 15.6. The first-order chi connectivity index (χ1) is 9.74. The van der Waals surface area contributed by atoms with Crippen LogP contribution in [0.5, 0.6) is 0 Å². The van der Waals surface area contributed by atoms with E-state index in [1.54, 1.807) is 0 Å². The van der Waals surface area contributed by atoms with Crippen LogP contribution in [-0.2, 0) is 0 Å². The third kappa shape index (κ3) is 5.70. The van der Waals surface area contributed by atoms with E-state index in [1.165, 1.54) is 32.1 Å². The molecule has 0 aromatic rings. The highest BCUT2D eigenvalue weighted by Gasteiger charge is 2.20. The second kappa shape index (κ2) is 8.50. The lowest BCUT2D eigenvalue weighted by Crippen LogP contribution is -2.40. The molecule has 2 fully saturated rings. The first-order valence-electron chi connectivity index (χ1n) is 8.44. The van der Waals surface area contributed by atoms with E-state index < -0.39 is 0 Å². The van der Waals surface area contributed by atoms with Crippen LogP contribution in [0.1, 0.15) is 64.2 Å². The number of rotatable bonds is 6. The molecule has 4 nitrogen and oxygen atoms in total. The first-order valence-corrected chi connectivity index (χ1v) is 8.44. The van der Waals surface area contributed by atoms with Gasteiger partial charge in [0.2, 0.25) is 0 Å². The van der Waals surface area contributed by atoms with Gasteiger partial charge in [-0.3, -0.25) is 0 Å². The highest BCUT2D eigenvalue weighted by Crippen LogP contribution is 2.28. The third-order valence-electron chi connectivity index (χ3n) is 4.86. The van der Waals surface area contributed by atoms with Gasteiger partial charge in [0.05, 0.1) is 6.10 Å². The van der Waals surface area contributed by atoms with Gasteiger partial charge in [-0.1, -0.05) is 32.1 Å². The van der Waals surface area contributed by atoms with Gasteiger partial charge in [0.1, 0.15) is 0 Å². The molecular formula is C16H30N2O2. The fourth-order valence-corrected chi connectivity index (χ4v) is 3.64. The van der Waals surface area contributed by atoms with Crippen molar-refractivity contribution in [2.45, 2.75) is 70.3 Å². The Balaban J connectivity index is 1.47. The molecule has 116 valence electrons. The molecule has 0 aromatic carbocycles. The summed E-state index contributed by atoms with van der Waals surface area (Å²) in [5.41, 5.74) is 0. The van der Waals surface area contributed by atoms with Crippen LogP contribution in [0, 0.1) is 11.8 Å². The Morgan fingerprint density at radius 3 is 2.50 bits per heavy atom. The maximum Gasteiger partial charge on any atom is 0.314 e. The summed E-state index contributed by atoms with van der Waals surface area (Å²) in [5.74, 6) is 1.35. The Labute approximate surface area is 122 Å². The number of aliphatic hydroxyl groups excluding tert-OH is 1. The fourth-order valence-electron chi connectivity index (χ4n) is 3.64. The molecule has 20 heavy (non-hydrogen) atoms. The molecule has 0 spiro atoms. The summed E-state index contributed by atoms with van der Waals surface area (Å²) >= 11 is 0. The average Bonchev–Trinajstić information content (AvgIpc) is 2.95. The van der Waals surface area contributed by atoms with E-state index >= 15 is 0 Å². The lowest BCUT2D eigenvalue weighted by molar-refractivity contribution is 0.101. The lowest BCUT2D eigenvalue weighted by Gasteiger charge is -2.25. The molecule has 0 radical (unpaired) electrons. The second-order valence-corrected chi connectivity index (χ2v) is 6.62. The van der Waals surface area contributed by atoms with Crippen LogP contribution in [0.2, 0.25) is 0 Å². The molecule has 2 unspecified atom stereocenters. The molecule has 2 amide bonds. The van der Waals surface area contributed by atoms with Gasteiger partial charge in [0, 0.05) is 13.1 Å². The van der Waals surface area contributed by atoms with Crippen molar-refractivity contribution in [2.24, 2.45) is 11.8 Å². The maximum atomic E-state index is 11.7. The number of carbonyl (C=O) groups is 1. The Hall–Kier alpha value is -0.770. The quantitative estimate of drug-likeness (QED) is 0.656. The summed E-state index contributed by atoms with van der Waals surface area (Å²) in [7, 11) is 0. The number of hydrogen-bond donors (Lipinski definition) is 3. The lowest BCUT2D eigenvalue weighted by atomic mass is 9.87. The maximum absolute atomic E-state index is 11.7. The second-order valence-electron chi connectivity index (χ2n) is 6.62. The molecule has 2 aliphatic carbocycles. The Kier molecular flexibility index (Phi) is 6.64. The largest absolute Gasteiger partial charge is 0.393 e. The van der Waals surface area contributed by atoms with Crippen molar-refractivity contribution in [1.82, 2.24) is 10.6 Å². The van der Waals surface area contributed by atoms with Crippen LogP contribution in [0.15, 0.2) is 0 Å². The van der Waals surface area contributed by atoms with E-state index in [2.05, 4.69) is 10.6 Å². The smallest absolute Gasteiger partial charge is 0.314 e. The number of carbonyl (C=O) groups excluding carboxylic acids is 1. The van der Waals surface area contributed by atoms with Gasteiger partial charge in [-0.2, -0.15) is 0 Å². The molecule has 2 atom stereocenters. The minimum atomic E-state index is -0.162. The van der Waals surface area contributed by atoms with Crippen molar-refractivity contribution in [3.05, 3.63) is 0 Å². The van der Waals surface area contributed by atoms with Gasteiger partial charge in [0.15, 0.2) is 0 Å². The molecule has 3 N–H and O–H groups in total. The highest BCUT2D eigenvalue weighted by atomic mass is 16.3. The molecule has 0 aliphatic heterocycles. The van der Waals surface area contributed by atoms with Gasteiger partial charge in [-0.25, -0.2) is 4.79 Å². The van der Waals surface area contributed by atoms with Crippen molar-refractivity contribution in [2.75, 3.05) is 13.1 Å². The molecule has 2 rings (SSSR count). The Bertz CT molecular complexity index is 290. The number of nitrogens with one attached hydrogen (secondary N) is 2. The zero-order valence-electron chi connectivity index (χ0n) is 12.6. The zero-order chi connectivity index (χ0) is 14.2. The molecule has 4 heteroatoms. The van der Waals surface area contributed by atoms with Gasteiger partial charge in [-0.15, -0.1) is 0 Å². The van der Waals surface area contributed by atoms with E-state index in [0.29, 0.717) is 12.5 Å². The fraction of sp³-hybridized carbons (Fsp3) is 0.938. The molecule has 0 aromatic heterocycles. The molecule has 0 saturated heterocycles. The molecule has 2 aliphatic rings. The van der Waals surface area contributed by atoms with E-state index in [4.69, 9.17) is 0 Å².